The molecule has 7 nitrogen and oxygen atoms in total. The second-order valence-electron chi connectivity index (χ2n) is 3.70. The third-order valence-electron chi connectivity index (χ3n) is 2.33. The number of hydrogen-bond acceptors (Lipinski definition) is 6. The Kier molecular flexibility index (Phi) is 5.52. The topological polar surface area (TPSA) is 87.9 Å². The second-order valence-corrected chi connectivity index (χ2v) is 3.70. The number of carbonyl (C=O) groups is 1. The summed E-state index contributed by atoms with van der Waals surface area (Å²) in [4.78, 5) is 21.6. The first-order valence-electron chi connectivity index (χ1n) is 5.79. The summed E-state index contributed by atoms with van der Waals surface area (Å²) in [6.45, 7) is 5.19. The Bertz CT molecular complexity index is 526. The van der Waals surface area contributed by atoms with Crippen molar-refractivity contribution in [3.05, 3.63) is 40.5 Å². The molecule has 0 radical (unpaired) electrons. The molecule has 20 heavy (non-hydrogen) atoms. The Balaban J connectivity index is 2.82. The van der Waals surface area contributed by atoms with E-state index in [4.69, 9.17) is 14.2 Å². The average molecular weight is 281 g/mol. The summed E-state index contributed by atoms with van der Waals surface area (Å²) < 4.78 is 15.0. The molecule has 0 heterocycles. The molecule has 0 spiro atoms. The largest absolute Gasteiger partial charge is 0.497 e. The number of carbonyl (C=O) groups excluding carboxylic acids is 1. The summed E-state index contributed by atoms with van der Waals surface area (Å²) in [5.74, 6) is -0.190. The molecule has 0 saturated heterocycles. The van der Waals surface area contributed by atoms with Gasteiger partial charge in [-0.15, -0.1) is 0 Å². The van der Waals surface area contributed by atoms with E-state index in [1.807, 2.05) is 0 Å². The Morgan fingerprint density at radius 2 is 2.15 bits per heavy atom. The van der Waals surface area contributed by atoms with Gasteiger partial charge in [-0.3, -0.25) is 10.1 Å². The van der Waals surface area contributed by atoms with Crippen LogP contribution in [-0.2, 0) is 9.53 Å². The van der Waals surface area contributed by atoms with Crippen molar-refractivity contribution >= 4 is 11.7 Å². The highest BCUT2D eigenvalue weighted by atomic mass is 16.6. The lowest BCUT2D eigenvalue weighted by atomic mass is 10.2. The number of benzene rings is 1. The number of nitro benzene ring substituents is 1. The van der Waals surface area contributed by atoms with E-state index < -0.39 is 10.9 Å². The van der Waals surface area contributed by atoms with Crippen LogP contribution in [0.3, 0.4) is 0 Å². The van der Waals surface area contributed by atoms with E-state index in [1.54, 1.807) is 6.92 Å². The highest BCUT2D eigenvalue weighted by molar-refractivity contribution is 5.88. The van der Waals surface area contributed by atoms with Gasteiger partial charge < -0.3 is 14.2 Å². The Hall–Kier alpha value is -2.57. The normalized spacial score (nSPS) is 9.70. The average Bonchev–Trinajstić information content (AvgIpc) is 2.44. The molecule has 1 aromatic rings. The summed E-state index contributed by atoms with van der Waals surface area (Å²) in [5.41, 5.74) is -0.147. The molecule has 1 rings (SSSR count). The first kappa shape index (κ1) is 15.5. The molecule has 0 saturated carbocycles. The first-order valence-corrected chi connectivity index (χ1v) is 5.79. The van der Waals surface area contributed by atoms with Gasteiger partial charge >= 0.3 is 11.7 Å². The predicted molar refractivity (Wildman–Crippen MR) is 70.9 cm³/mol. The zero-order valence-electron chi connectivity index (χ0n) is 11.3. The van der Waals surface area contributed by atoms with Crippen LogP contribution in [0, 0.1) is 10.1 Å². The van der Waals surface area contributed by atoms with Gasteiger partial charge in [0.05, 0.1) is 24.2 Å². The minimum absolute atomic E-state index is 0.000187. The summed E-state index contributed by atoms with van der Waals surface area (Å²) in [5, 5.41) is 10.9. The van der Waals surface area contributed by atoms with Crippen LogP contribution in [0.4, 0.5) is 5.69 Å². The third kappa shape index (κ3) is 3.98. The van der Waals surface area contributed by atoms with Crippen LogP contribution in [-0.4, -0.2) is 31.2 Å². The molecule has 7 heteroatoms. The SMILES string of the molecule is C=C(COc1cc(OC)ccc1[N+](=O)[O-])C(=O)OCC. The summed E-state index contributed by atoms with van der Waals surface area (Å²) in [6.07, 6.45) is 0. The molecule has 0 aromatic heterocycles. The summed E-state index contributed by atoms with van der Waals surface area (Å²) >= 11 is 0. The first-order chi connectivity index (χ1) is 9.49. The van der Waals surface area contributed by atoms with Gasteiger partial charge in [-0.25, -0.2) is 4.79 Å². The standard InChI is InChI=1S/C13H15NO6/c1-4-19-13(15)9(2)8-20-12-7-10(18-3)5-6-11(12)14(16)17/h5-7H,2,4,8H2,1,3H3. The Morgan fingerprint density at radius 1 is 1.45 bits per heavy atom. The molecule has 0 bridgehead atoms. The number of hydrogen-bond donors (Lipinski definition) is 0. The molecule has 108 valence electrons. The molecule has 0 atom stereocenters. The van der Waals surface area contributed by atoms with Crippen molar-refractivity contribution in [2.75, 3.05) is 20.3 Å². The summed E-state index contributed by atoms with van der Waals surface area (Å²) in [6, 6.07) is 4.09. The smallest absolute Gasteiger partial charge is 0.336 e. The van der Waals surface area contributed by atoms with Gasteiger partial charge in [0.15, 0.2) is 0 Å². The van der Waals surface area contributed by atoms with Crippen molar-refractivity contribution < 1.29 is 23.9 Å². The van der Waals surface area contributed by atoms with E-state index in [1.165, 1.54) is 25.3 Å². The van der Waals surface area contributed by atoms with E-state index in [9.17, 15) is 14.9 Å². The monoisotopic (exact) mass is 281 g/mol. The van der Waals surface area contributed by atoms with Crippen molar-refractivity contribution in [2.24, 2.45) is 0 Å². The van der Waals surface area contributed by atoms with Gasteiger partial charge in [0.2, 0.25) is 5.75 Å². The zero-order valence-corrected chi connectivity index (χ0v) is 11.3. The van der Waals surface area contributed by atoms with Crippen molar-refractivity contribution in [2.45, 2.75) is 6.92 Å². The molecule has 0 aliphatic rings. The maximum Gasteiger partial charge on any atom is 0.336 e. The lowest BCUT2D eigenvalue weighted by Crippen LogP contribution is -2.13. The minimum Gasteiger partial charge on any atom is -0.497 e. The number of ether oxygens (including phenoxy) is 3. The number of nitrogens with zero attached hydrogens (tertiary/aromatic N) is 1. The lowest BCUT2D eigenvalue weighted by molar-refractivity contribution is -0.385. The molecule has 0 aliphatic heterocycles. The van der Waals surface area contributed by atoms with Crippen molar-refractivity contribution in [3.63, 3.8) is 0 Å². The quantitative estimate of drug-likeness (QED) is 0.329. The van der Waals surface area contributed by atoms with Crippen LogP contribution in [0.5, 0.6) is 11.5 Å². The number of esters is 1. The van der Waals surface area contributed by atoms with Crippen LogP contribution in [0.15, 0.2) is 30.4 Å². The molecule has 0 N–H and O–H groups in total. The van der Waals surface area contributed by atoms with Gasteiger partial charge in [-0.2, -0.15) is 0 Å². The van der Waals surface area contributed by atoms with Gasteiger partial charge in [-0.1, -0.05) is 6.58 Å². The van der Waals surface area contributed by atoms with Crippen LogP contribution in [0.25, 0.3) is 0 Å². The van der Waals surface area contributed by atoms with Gasteiger partial charge in [0.25, 0.3) is 0 Å². The fourth-order valence-corrected chi connectivity index (χ4v) is 1.34. The molecule has 1 aromatic carbocycles. The van der Waals surface area contributed by atoms with Crippen molar-refractivity contribution in [1.82, 2.24) is 0 Å². The molecular weight excluding hydrogens is 266 g/mol. The fourth-order valence-electron chi connectivity index (χ4n) is 1.34. The molecule has 0 aliphatic carbocycles. The highest BCUT2D eigenvalue weighted by Crippen LogP contribution is 2.31. The molecule has 0 amide bonds. The minimum atomic E-state index is -0.599. The van der Waals surface area contributed by atoms with E-state index >= 15 is 0 Å². The zero-order chi connectivity index (χ0) is 15.1. The van der Waals surface area contributed by atoms with Crippen molar-refractivity contribution in [1.29, 1.82) is 0 Å². The van der Waals surface area contributed by atoms with E-state index in [0.717, 1.165) is 0 Å². The molecule has 0 unspecified atom stereocenters. The van der Waals surface area contributed by atoms with Crippen molar-refractivity contribution in [3.8, 4) is 11.5 Å². The summed E-state index contributed by atoms with van der Waals surface area (Å²) in [7, 11) is 1.43. The third-order valence-corrected chi connectivity index (χ3v) is 2.33. The molecule has 0 fully saturated rings. The van der Waals surface area contributed by atoms with E-state index in [0.29, 0.717) is 5.75 Å². The predicted octanol–water partition coefficient (Wildman–Crippen LogP) is 2.10. The lowest BCUT2D eigenvalue weighted by Gasteiger charge is -2.09. The Labute approximate surface area is 115 Å². The van der Waals surface area contributed by atoms with E-state index in [-0.39, 0.29) is 30.2 Å². The highest BCUT2D eigenvalue weighted by Gasteiger charge is 2.17. The molecular formula is C13H15NO6. The maximum atomic E-state index is 11.3. The number of nitro groups is 1. The number of methoxy groups -OCH3 is 1. The maximum absolute atomic E-state index is 11.3. The number of rotatable bonds is 7. The fraction of sp³-hybridized carbons (Fsp3) is 0.308. The van der Waals surface area contributed by atoms with Crippen LogP contribution in [0.2, 0.25) is 0 Å². The Morgan fingerprint density at radius 3 is 2.70 bits per heavy atom. The van der Waals surface area contributed by atoms with Gasteiger partial charge in [0.1, 0.15) is 12.4 Å². The van der Waals surface area contributed by atoms with Gasteiger partial charge in [0, 0.05) is 12.1 Å². The van der Waals surface area contributed by atoms with E-state index in [2.05, 4.69) is 6.58 Å². The second kappa shape index (κ2) is 7.13. The van der Waals surface area contributed by atoms with Crippen LogP contribution in [0.1, 0.15) is 6.92 Å². The van der Waals surface area contributed by atoms with Gasteiger partial charge in [-0.05, 0) is 13.0 Å². The van der Waals surface area contributed by atoms with Crippen LogP contribution >= 0.6 is 0 Å². The van der Waals surface area contributed by atoms with Crippen LogP contribution < -0.4 is 9.47 Å².